The minimum Gasteiger partial charge on any atom is -0.312 e. The van der Waals surface area contributed by atoms with Gasteiger partial charge in [0.05, 0.1) is 6.04 Å². The molecule has 2 rings (SSSR count). The van der Waals surface area contributed by atoms with Gasteiger partial charge in [-0.3, -0.25) is 4.90 Å². The Kier molecular flexibility index (Phi) is 5.82. The van der Waals surface area contributed by atoms with E-state index in [4.69, 9.17) is 0 Å². The summed E-state index contributed by atoms with van der Waals surface area (Å²) < 4.78 is 0. The Morgan fingerprint density at radius 2 is 2.26 bits per heavy atom. The van der Waals surface area contributed by atoms with Crippen LogP contribution < -0.4 is 5.32 Å². The zero-order chi connectivity index (χ0) is 13.7. The molecule has 0 aromatic carbocycles. The summed E-state index contributed by atoms with van der Waals surface area (Å²) in [7, 11) is 0. The van der Waals surface area contributed by atoms with E-state index in [-0.39, 0.29) is 0 Å². The lowest BCUT2D eigenvalue weighted by atomic mass is 10.1. The van der Waals surface area contributed by atoms with Crippen LogP contribution in [0.5, 0.6) is 0 Å². The molecule has 1 aliphatic heterocycles. The highest BCUT2D eigenvalue weighted by molar-refractivity contribution is 7.10. The van der Waals surface area contributed by atoms with Gasteiger partial charge in [0.15, 0.2) is 0 Å². The molecule has 1 aromatic heterocycles. The van der Waals surface area contributed by atoms with Gasteiger partial charge in [-0.2, -0.15) is 0 Å². The van der Waals surface area contributed by atoms with Crippen molar-refractivity contribution in [2.75, 3.05) is 39.3 Å². The molecule has 108 valence electrons. The second-order valence-electron chi connectivity index (χ2n) is 5.37. The molecule has 0 bridgehead atoms. The Morgan fingerprint density at radius 3 is 2.84 bits per heavy atom. The number of rotatable bonds is 6. The van der Waals surface area contributed by atoms with Crippen LogP contribution >= 0.6 is 11.3 Å². The maximum atomic E-state index is 3.54. The number of hydrogen-bond acceptors (Lipinski definition) is 4. The van der Waals surface area contributed by atoms with E-state index in [1.807, 2.05) is 11.3 Å². The summed E-state index contributed by atoms with van der Waals surface area (Å²) in [5.41, 5.74) is 0. The lowest BCUT2D eigenvalue weighted by Crippen LogP contribution is -2.52. The first-order chi connectivity index (χ1) is 9.24. The summed E-state index contributed by atoms with van der Waals surface area (Å²) >= 11 is 1.90. The average Bonchev–Trinajstić information content (AvgIpc) is 2.94. The van der Waals surface area contributed by atoms with Crippen LogP contribution in [0.15, 0.2) is 17.5 Å². The van der Waals surface area contributed by atoms with Crippen LogP contribution in [0.4, 0.5) is 0 Å². The van der Waals surface area contributed by atoms with Crippen LogP contribution in [-0.2, 0) is 0 Å². The fourth-order valence-electron chi connectivity index (χ4n) is 2.84. The lowest BCUT2D eigenvalue weighted by Gasteiger charge is -2.39. The van der Waals surface area contributed by atoms with Crippen LogP contribution in [0.1, 0.15) is 31.7 Å². The molecule has 0 saturated carbocycles. The van der Waals surface area contributed by atoms with Crippen LogP contribution in [-0.4, -0.2) is 55.1 Å². The van der Waals surface area contributed by atoms with Gasteiger partial charge in [-0.15, -0.1) is 11.3 Å². The number of hydrogen-bond donors (Lipinski definition) is 1. The van der Waals surface area contributed by atoms with Crippen molar-refractivity contribution < 1.29 is 0 Å². The molecule has 0 radical (unpaired) electrons. The van der Waals surface area contributed by atoms with Gasteiger partial charge >= 0.3 is 0 Å². The maximum Gasteiger partial charge on any atom is 0.0570 e. The predicted octanol–water partition coefficient (Wildman–Crippen LogP) is 2.42. The molecule has 1 fully saturated rings. The molecule has 1 aromatic rings. The topological polar surface area (TPSA) is 18.5 Å². The van der Waals surface area contributed by atoms with Gasteiger partial charge < -0.3 is 10.2 Å². The molecular weight excluding hydrogens is 254 g/mol. The SMILES string of the molecule is CCN(CC)CC(c1cccs1)N1CCNC(C)C1. The Bertz CT molecular complexity index is 348. The number of nitrogens with zero attached hydrogens (tertiary/aromatic N) is 2. The normalized spacial score (nSPS) is 22.8. The van der Waals surface area contributed by atoms with E-state index in [2.05, 4.69) is 53.4 Å². The molecule has 2 unspecified atom stereocenters. The third-order valence-corrected chi connectivity index (χ3v) is 5.01. The van der Waals surface area contributed by atoms with Gasteiger partial charge in [0, 0.05) is 37.1 Å². The summed E-state index contributed by atoms with van der Waals surface area (Å²) in [4.78, 5) is 6.71. The summed E-state index contributed by atoms with van der Waals surface area (Å²) in [6.45, 7) is 13.7. The fourth-order valence-corrected chi connectivity index (χ4v) is 3.69. The highest BCUT2D eigenvalue weighted by Gasteiger charge is 2.26. The Morgan fingerprint density at radius 1 is 1.47 bits per heavy atom. The molecule has 19 heavy (non-hydrogen) atoms. The molecule has 0 aliphatic carbocycles. The molecular formula is C15H27N3S. The molecule has 2 heterocycles. The van der Waals surface area contributed by atoms with Crippen LogP contribution in [0, 0.1) is 0 Å². The smallest absolute Gasteiger partial charge is 0.0570 e. The zero-order valence-corrected chi connectivity index (χ0v) is 13.2. The molecule has 2 atom stereocenters. The van der Waals surface area contributed by atoms with E-state index >= 15 is 0 Å². The summed E-state index contributed by atoms with van der Waals surface area (Å²) in [6, 6.07) is 5.64. The highest BCUT2D eigenvalue weighted by atomic mass is 32.1. The Balaban J connectivity index is 2.09. The number of thiophene rings is 1. The van der Waals surface area contributed by atoms with Crippen molar-refractivity contribution in [3.05, 3.63) is 22.4 Å². The van der Waals surface area contributed by atoms with Crippen molar-refractivity contribution in [3.63, 3.8) is 0 Å². The van der Waals surface area contributed by atoms with Gasteiger partial charge in [-0.1, -0.05) is 19.9 Å². The minimum absolute atomic E-state index is 0.560. The van der Waals surface area contributed by atoms with Crippen molar-refractivity contribution in [3.8, 4) is 0 Å². The average molecular weight is 281 g/mol. The van der Waals surface area contributed by atoms with Gasteiger partial charge in [0.2, 0.25) is 0 Å². The largest absolute Gasteiger partial charge is 0.312 e. The highest BCUT2D eigenvalue weighted by Crippen LogP contribution is 2.27. The van der Waals surface area contributed by atoms with Gasteiger partial charge in [-0.05, 0) is 31.5 Å². The van der Waals surface area contributed by atoms with E-state index in [0.717, 1.165) is 39.3 Å². The summed E-state index contributed by atoms with van der Waals surface area (Å²) in [5.74, 6) is 0. The van der Waals surface area contributed by atoms with Gasteiger partial charge in [0.1, 0.15) is 0 Å². The summed E-state index contributed by atoms with van der Waals surface area (Å²) in [6.07, 6.45) is 0. The molecule has 0 spiro atoms. The third-order valence-electron chi connectivity index (χ3n) is 4.04. The van der Waals surface area contributed by atoms with Crippen molar-refractivity contribution in [2.24, 2.45) is 0 Å². The maximum absolute atomic E-state index is 3.54. The predicted molar refractivity (Wildman–Crippen MR) is 83.9 cm³/mol. The third kappa shape index (κ3) is 4.02. The van der Waals surface area contributed by atoms with Crippen molar-refractivity contribution in [1.29, 1.82) is 0 Å². The molecule has 1 N–H and O–H groups in total. The Labute approximate surface area is 121 Å². The van der Waals surface area contributed by atoms with E-state index in [0.29, 0.717) is 12.1 Å². The molecule has 1 saturated heterocycles. The number of nitrogens with one attached hydrogen (secondary N) is 1. The number of likely N-dealkylation sites (N-methyl/N-ethyl adjacent to an activating group) is 1. The molecule has 1 aliphatic rings. The van der Waals surface area contributed by atoms with Gasteiger partial charge in [-0.25, -0.2) is 0 Å². The van der Waals surface area contributed by atoms with Gasteiger partial charge in [0.25, 0.3) is 0 Å². The van der Waals surface area contributed by atoms with Crippen LogP contribution in [0.3, 0.4) is 0 Å². The lowest BCUT2D eigenvalue weighted by molar-refractivity contribution is 0.115. The fraction of sp³-hybridized carbons (Fsp3) is 0.733. The van der Waals surface area contributed by atoms with E-state index in [1.54, 1.807) is 0 Å². The first-order valence-electron chi connectivity index (χ1n) is 7.47. The quantitative estimate of drug-likeness (QED) is 0.864. The molecule has 3 nitrogen and oxygen atoms in total. The Hall–Kier alpha value is -0.420. The second kappa shape index (κ2) is 7.39. The summed E-state index contributed by atoms with van der Waals surface area (Å²) in [5, 5.41) is 5.75. The molecule has 0 amide bonds. The van der Waals surface area contributed by atoms with Crippen molar-refractivity contribution in [2.45, 2.75) is 32.9 Å². The first-order valence-corrected chi connectivity index (χ1v) is 8.35. The van der Waals surface area contributed by atoms with E-state index < -0.39 is 0 Å². The van der Waals surface area contributed by atoms with Crippen molar-refractivity contribution in [1.82, 2.24) is 15.1 Å². The minimum atomic E-state index is 0.560. The molecule has 4 heteroatoms. The van der Waals surface area contributed by atoms with Crippen molar-refractivity contribution >= 4 is 11.3 Å². The standard InChI is InChI=1S/C15H27N3S/c1-4-17(5-2)12-14(15-7-6-10-19-15)18-9-8-16-13(3)11-18/h6-7,10,13-14,16H,4-5,8-9,11-12H2,1-3H3. The van der Waals surface area contributed by atoms with Crippen LogP contribution in [0.25, 0.3) is 0 Å². The van der Waals surface area contributed by atoms with E-state index in [9.17, 15) is 0 Å². The number of piperazine rings is 1. The van der Waals surface area contributed by atoms with Crippen LogP contribution in [0.2, 0.25) is 0 Å². The monoisotopic (exact) mass is 281 g/mol. The van der Waals surface area contributed by atoms with E-state index in [1.165, 1.54) is 4.88 Å². The first kappa shape index (κ1) is 15.0. The zero-order valence-electron chi connectivity index (χ0n) is 12.4. The second-order valence-corrected chi connectivity index (χ2v) is 6.35.